The maximum Gasteiger partial charge on any atom is 0.312 e. The molecule has 2 aliphatic rings. The largest absolute Gasteiger partial charge is 0.481 e. The second-order valence-electron chi connectivity index (χ2n) is 5.52. The molecule has 3 heteroatoms. The van der Waals surface area contributed by atoms with E-state index in [1.54, 1.807) is 0 Å². The Morgan fingerprint density at radius 3 is 2.33 bits per heavy atom. The Kier molecular flexibility index (Phi) is 3.01. The molecule has 0 atom stereocenters. The molecule has 86 valence electrons. The summed E-state index contributed by atoms with van der Waals surface area (Å²) in [6, 6.07) is 0. The summed E-state index contributed by atoms with van der Waals surface area (Å²) in [6.07, 6.45) is 5.93. The Hall–Kier alpha value is -0.570. The molecule has 15 heavy (non-hydrogen) atoms. The molecule has 0 unspecified atom stereocenters. The Morgan fingerprint density at radius 1 is 1.33 bits per heavy atom. The van der Waals surface area contributed by atoms with Crippen LogP contribution in [0.2, 0.25) is 0 Å². The van der Waals surface area contributed by atoms with Crippen LogP contribution in [0.15, 0.2) is 0 Å². The molecule has 2 N–H and O–H groups in total. The minimum atomic E-state index is -0.597. The summed E-state index contributed by atoms with van der Waals surface area (Å²) < 4.78 is 0. The van der Waals surface area contributed by atoms with Gasteiger partial charge >= 0.3 is 5.97 Å². The predicted octanol–water partition coefficient (Wildman–Crippen LogP) is 1.88. The molecule has 0 radical (unpaired) electrons. The van der Waals surface area contributed by atoms with E-state index >= 15 is 0 Å². The van der Waals surface area contributed by atoms with E-state index < -0.39 is 11.4 Å². The fourth-order valence-electron chi connectivity index (χ4n) is 2.90. The molecule has 2 fully saturated rings. The van der Waals surface area contributed by atoms with Gasteiger partial charge in [-0.05, 0) is 18.3 Å². The van der Waals surface area contributed by atoms with E-state index in [4.69, 9.17) is 0 Å². The molecule has 0 spiro atoms. The standard InChI is InChI=1S/C12H21NO2/c1-9-2-4-10(5-3-9)6-12(11(14)15)7-13-8-12/h9-10,13H,2-8H2,1H3,(H,14,15). The van der Waals surface area contributed by atoms with E-state index in [0.717, 1.165) is 12.3 Å². The molecule has 1 aliphatic heterocycles. The Balaban J connectivity index is 1.88. The molecule has 1 saturated heterocycles. The number of nitrogens with one attached hydrogen (secondary N) is 1. The van der Waals surface area contributed by atoms with Gasteiger partial charge in [-0.25, -0.2) is 0 Å². The molecular formula is C12H21NO2. The van der Waals surface area contributed by atoms with Crippen LogP contribution in [0.5, 0.6) is 0 Å². The summed E-state index contributed by atoms with van der Waals surface area (Å²) in [7, 11) is 0. The summed E-state index contributed by atoms with van der Waals surface area (Å²) >= 11 is 0. The summed E-state index contributed by atoms with van der Waals surface area (Å²) in [5.41, 5.74) is -0.425. The van der Waals surface area contributed by atoms with Crippen LogP contribution < -0.4 is 5.32 Å². The van der Waals surface area contributed by atoms with Crippen molar-refractivity contribution in [1.82, 2.24) is 5.32 Å². The first-order valence-electron chi connectivity index (χ1n) is 6.06. The molecular weight excluding hydrogens is 190 g/mol. The summed E-state index contributed by atoms with van der Waals surface area (Å²) in [5.74, 6) is 0.904. The van der Waals surface area contributed by atoms with Crippen LogP contribution in [0.25, 0.3) is 0 Å². The molecule has 0 amide bonds. The van der Waals surface area contributed by atoms with E-state index in [0.29, 0.717) is 19.0 Å². The van der Waals surface area contributed by atoms with Crippen molar-refractivity contribution in [3.63, 3.8) is 0 Å². The van der Waals surface area contributed by atoms with Gasteiger partial charge in [-0.1, -0.05) is 32.6 Å². The zero-order chi connectivity index (χ0) is 10.9. The topological polar surface area (TPSA) is 49.3 Å². The molecule has 0 aromatic heterocycles. The van der Waals surface area contributed by atoms with Gasteiger partial charge in [0.1, 0.15) is 0 Å². The van der Waals surface area contributed by atoms with Crippen LogP contribution in [0, 0.1) is 17.3 Å². The van der Waals surface area contributed by atoms with E-state index in [2.05, 4.69) is 12.2 Å². The molecule has 1 heterocycles. The fourth-order valence-corrected chi connectivity index (χ4v) is 2.90. The van der Waals surface area contributed by atoms with Gasteiger partial charge in [-0.3, -0.25) is 4.79 Å². The van der Waals surface area contributed by atoms with E-state index in [1.807, 2.05) is 0 Å². The molecule has 3 nitrogen and oxygen atoms in total. The van der Waals surface area contributed by atoms with Gasteiger partial charge in [-0.15, -0.1) is 0 Å². The zero-order valence-corrected chi connectivity index (χ0v) is 9.46. The lowest BCUT2D eigenvalue weighted by Gasteiger charge is -2.42. The van der Waals surface area contributed by atoms with Gasteiger partial charge in [0.25, 0.3) is 0 Å². The smallest absolute Gasteiger partial charge is 0.312 e. The van der Waals surface area contributed by atoms with Crippen LogP contribution in [-0.2, 0) is 4.79 Å². The monoisotopic (exact) mass is 211 g/mol. The third kappa shape index (κ3) is 2.17. The number of hydrogen-bond acceptors (Lipinski definition) is 2. The average Bonchev–Trinajstić information content (AvgIpc) is 2.13. The molecule has 2 rings (SSSR count). The highest BCUT2D eigenvalue weighted by molar-refractivity contribution is 5.76. The highest BCUT2D eigenvalue weighted by Gasteiger charge is 2.45. The van der Waals surface area contributed by atoms with Crippen LogP contribution in [0.3, 0.4) is 0 Å². The first-order chi connectivity index (χ1) is 7.12. The third-order valence-electron chi connectivity index (χ3n) is 4.20. The lowest BCUT2D eigenvalue weighted by molar-refractivity contribution is -0.153. The van der Waals surface area contributed by atoms with Gasteiger partial charge in [0, 0.05) is 13.1 Å². The Bertz CT molecular complexity index is 240. The van der Waals surface area contributed by atoms with Crippen LogP contribution in [0.4, 0.5) is 0 Å². The second-order valence-corrected chi connectivity index (χ2v) is 5.52. The van der Waals surface area contributed by atoms with Crippen LogP contribution >= 0.6 is 0 Å². The molecule has 0 aromatic carbocycles. The van der Waals surface area contributed by atoms with Gasteiger partial charge in [0.05, 0.1) is 5.41 Å². The van der Waals surface area contributed by atoms with Gasteiger partial charge < -0.3 is 10.4 Å². The van der Waals surface area contributed by atoms with Crippen molar-refractivity contribution in [2.75, 3.05) is 13.1 Å². The van der Waals surface area contributed by atoms with Crippen molar-refractivity contribution in [2.45, 2.75) is 39.0 Å². The first kappa shape index (κ1) is 10.9. The highest BCUT2D eigenvalue weighted by Crippen LogP contribution is 2.38. The summed E-state index contributed by atoms with van der Waals surface area (Å²) in [4.78, 5) is 11.2. The number of rotatable bonds is 3. The second kappa shape index (κ2) is 4.12. The minimum absolute atomic E-state index is 0.425. The average molecular weight is 211 g/mol. The first-order valence-corrected chi connectivity index (χ1v) is 6.06. The van der Waals surface area contributed by atoms with Crippen molar-refractivity contribution < 1.29 is 9.90 Å². The molecule has 1 aliphatic carbocycles. The summed E-state index contributed by atoms with van der Waals surface area (Å²) in [6.45, 7) is 3.65. The number of carbonyl (C=O) groups is 1. The van der Waals surface area contributed by atoms with E-state index in [9.17, 15) is 9.90 Å². The number of carboxylic acids is 1. The lowest BCUT2D eigenvalue weighted by Crippen LogP contribution is -2.59. The van der Waals surface area contributed by atoms with E-state index in [1.165, 1.54) is 25.7 Å². The van der Waals surface area contributed by atoms with Crippen molar-refractivity contribution in [3.8, 4) is 0 Å². The van der Waals surface area contributed by atoms with Crippen molar-refractivity contribution in [2.24, 2.45) is 17.3 Å². The number of hydrogen-bond donors (Lipinski definition) is 2. The van der Waals surface area contributed by atoms with Gasteiger partial charge in [0.2, 0.25) is 0 Å². The van der Waals surface area contributed by atoms with E-state index in [-0.39, 0.29) is 0 Å². The quantitative estimate of drug-likeness (QED) is 0.749. The third-order valence-corrected chi connectivity index (χ3v) is 4.20. The van der Waals surface area contributed by atoms with Crippen molar-refractivity contribution in [3.05, 3.63) is 0 Å². The van der Waals surface area contributed by atoms with Crippen molar-refractivity contribution in [1.29, 1.82) is 0 Å². The normalized spacial score (nSPS) is 34.5. The number of carboxylic acid groups (broad SMARTS) is 1. The molecule has 0 bridgehead atoms. The minimum Gasteiger partial charge on any atom is -0.481 e. The predicted molar refractivity (Wildman–Crippen MR) is 58.7 cm³/mol. The van der Waals surface area contributed by atoms with Gasteiger partial charge in [-0.2, -0.15) is 0 Å². The zero-order valence-electron chi connectivity index (χ0n) is 9.46. The Morgan fingerprint density at radius 2 is 1.93 bits per heavy atom. The summed E-state index contributed by atoms with van der Waals surface area (Å²) in [5, 5.41) is 12.3. The van der Waals surface area contributed by atoms with Crippen LogP contribution in [0.1, 0.15) is 39.0 Å². The van der Waals surface area contributed by atoms with Gasteiger partial charge in [0.15, 0.2) is 0 Å². The lowest BCUT2D eigenvalue weighted by atomic mass is 9.70. The van der Waals surface area contributed by atoms with Crippen LogP contribution in [-0.4, -0.2) is 24.2 Å². The Labute approximate surface area is 91.2 Å². The highest BCUT2D eigenvalue weighted by atomic mass is 16.4. The SMILES string of the molecule is CC1CCC(CC2(C(=O)O)CNC2)CC1. The maximum atomic E-state index is 11.2. The number of aliphatic carboxylic acids is 1. The fraction of sp³-hybridized carbons (Fsp3) is 0.917. The molecule has 1 saturated carbocycles. The maximum absolute atomic E-state index is 11.2. The van der Waals surface area contributed by atoms with Crippen molar-refractivity contribution >= 4 is 5.97 Å². The molecule has 0 aromatic rings.